The van der Waals surface area contributed by atoms with Gasteiger partial charge in [-0.1, -0.05) is 0 Å². The smallest absolute Gasteiger partial charge is 0.352 e. The summed E-state index contributed by atoms with van der Waals surface area (Å²) in [6.45, 7) is 5.15. The van der Waals surface area contributed by atoms with Crippen LogP contribution in [0.2, 0.25) is 0 Å². The van der Waals surface area contributed by atoms with Gasteiger partial charge in [0.1, 0.15) is 5.69 Å². The van der Waals surface area contributed by atoms with E-state index in [2.05, 4.69) is 16.9 Å². The highest BCUT2D eigenvalue weighted by Gasteiger charge is 2.27. The summed E-state index contributed by atoms with van der Waals surface area (Å²) < 4.78 is 0. The van der Waals surface area contributed by atoms with Crippen molar-refractivity contribution in [3.63, 3.8) is 0 Å². The third kappa shape index (κ3) is 2.95. The van der Waals surface area contributed by atoms with E-state index in [1.807, 2.05) is 0 Å². The van der Waals surface area contributed by atoms with E-state index in [0.717, 1.165) is 19.4 Å². The van der Waals surface area contributed by atoms with Gasteiger partial charge in [0.05, 0.1) is 5.56 Å². The predicted molar refractivity (Wildman–Crippen MR) is 79.8 cm³/mol. The van der Waals surface area contributed by atoms with Gasteiger partial charge in [-0.2, -0.15) is 0 Å². The summed E-state index contributed by atoms with van der Waals surface area (Å²) >= 11 is 0. The highest BCUT2D eigenvalue weighted by molar-refractivity contribution is 6.00. The summed E-state index contributed by atoms with van der Waals surface area (Å²) in [5.41, 5.74) is 1.70. The molecule has 1 aliphatic heterocycles. The molecule has 1 amide bonds. The van der Waals surface area contributed by atoms with Gasteiger partial charge in [0.25, 0.3) is 5.91 Å². The van der Waals surface area contributed by atoms with E-state index < -0.39 is 5.97 Å². The van der Waals surface area contributed by atoms with Crippen molar-refractivity contribution in [2.45, 2.75) is 32.7 Å². The van der Waals surface area contributed by atoms with Crippen LogP contribution in [-0.4, -0.2) is 65.0 Å². The second-order valence-electron chi connectivity index (χ2n) is 5.89. The second kappa shape index (κ2) is 5.89. The molecule has 0 bridgehead atoms. The van der Waals surface area contributed by atoms with E-state index in [9.17, 15) is 9.59 Å². The molecule has 1 aromatic heterocycles. The van der Waals surface area contributed by atoms with Crippen molar-refractivity contribution in [1.29, 1.82) is 0 Å². The monoisotopic (exact) mass is 293 g/mol. The summed E-state index contributed by atoms with van der Waals surface area (Å²) in [6.07, 6.45) is 2.26. The van der Waals surface area contributed by atoms with Crippen LogP contribution in [0.15, 0.2) is 0 Å². The van der Waals surface area contributed by atoms with Gasteiger partial charge in [0.15, 0.2) is 0 Å². The lowest BCUT2D eigenvalue weighted by atomic mass is 10.1. The van der Waals surface area contributed by atoms with E-state index >= 15 is 0 Å². The normalized spacial score (nSPS) is 19.0. The van der Waals surface area contributed by atoms with E-state index in [4.69, 9.17) is 5.11 Å². The van der Waals surface area contributed by atoms with Crippen molar-refractivity contribution in [2.24, 2.45) is 0 Å². The van der Waals surface area contributed by atoms with Crippen molar-refractivity contribution in [2.75, 3.05) is 27.2 Å². The Kier molecular flexibility index (Phi) is 4.37. The zero-order valence-electron chi connectivity index (χ0n) is 13.1. The molecule has 2 N–H and O–H groups in total. The highest BCUT2D eigenvalue weighted by atomic mass is 16.4. The number of nitrogens with one attached hydrogen (secondary N) is 1. The minimum Gasteiger partial charge on any atom is -0.477 e. The number of aryl methyl sites for hydroxylation is 1. The molecular formula is C15H23N3O3. The molecule has 0 aromatic carbocycles. The number of aromatic nitrogens is 1. The molecule has 1 aromatic rings. The first-order valence-electron chi connectivity index (χ1n) is 7.21. The molecule has 1 unspecified atom stereocenters. The average molecular weight is 293 g/mol. The fourth-order valence-electron chi connectivity index (χ4n) is 3.08. The molecule has 0 saturated carbocycles. The van der Waals surface area contributed by atoms with Crippen molar-refractivity contribution in [3.05, 3.63) is 22.5 Å². The first kappa shape index (κ1) is 15.6. The molecule has 21 heavy (non-hydrogen) atoms. The number of carboxylic acids is 1. The topological polar surface area (TPSA) is 76.6 Å². The highest BCUT2D eigenvalue weighted by Crippen LogP contribution is 2.21. The SMILES string of the molecule is Cc1[nH]c(C(=O)O)c(C)c1C(=O)N(C)CC1CCCN1C. The summed E-state index contributed by atoms with van der Waals surface area (Å²) in [7, 11) is 3.85. The van der Waals surface area contributed by atoms with Crippen LogP contribution in [0.25, 0.3) is 0 Å². The van der Waals surface area contributed by atoms with E-state index in [-0.39, 0.29) is 11.6 Å². The van der Waals surface area contributed by atoms with Crippen molar-refractivity contribution in [1.82, 2.24) is 14.8 Å². The second-order valence-corrected chi connectivity index (χ2v) is 5.89. The Morgan fingerprint density at radius 3 is 2.57 bits per heavy atom. The molecule has 0 aliphatic carbocycles. The number of aromatic amines is 1. The maximum atomic E-state index is 12.6. The van der Waals surface area contributed by atoms with Gasteiger partial charge in [-0.15, -0.1) is 0 Å². The fraction of sp³-hybridized carbons (Fsp3) is 0.600. The van der Waals surface area contributed by atoms with Crippen LogP contribution < -0.4 is 0 Å². The largest absolute Gasteiger partial charge is 0.477 e. The molecule has 6 nitrogen and oxygen atoms in total. The number of rotatable bonds is 4. The number of likely N-dealkylation sites (tertiary alicyclic amines) is 1. The lowest BCUT2D eigenvalue weighted by molar-refractivity contribution is 0.0690. The lowest BCUT2D eigenvalue weighted by Gasteiger charge is -2.26. The third-order valence-electron chi connectivity index (χ3n) is 4.37. The number of likely N-dealkylation sites (N-methyl/N-ethyl adjacent to an activating group) is 2. The quantitative estimate of drug-likeness (QED) is 0.882. The van der Waals surface area contributed by atoms with Gasteiger partial charge in [0.2, 0.25) is 0 Å². The zero-order chi connectivity index (χ0) is 15.7. The fourth-order valence-corrected chi connectivity index (χ4v) is 3.08. The summed E-state index contributed by atoms with van der Waals surface area (Å²) in [4.78, 5) is 30.5. The molecule has 6 heteroatoms. The van der Waals surface area contributed by atoms with Crippen LogP contribution in [0, 0.1) is 13.8 Å². The Morgan fingerprint density at radius 2 is 2.10 bits per heavy atom. The van der Waals surface area contributed by atoms with Gasteiger partial charge < -0.3 is 19.9 Å². The van der Waals surface area contributed by atoms with Crippen LogP contribution >= 0.6 is 0 Å². The number of nitrogens with zero attached hydrogens (tertiary/aromatic N) is 2. The van der Waals surface area contributed by atoms with Crippen LogP contribution in [0.5, 0.6) is 0 Å². The van der Waals surface area contributed by atoms with Crippen LogP contribution in [0.4, 0.5) is 0 Å². The van der Waals surface area contributed by atoms with Crippen LogP contribution in [-0.2, 0) is 0 Å². The van der Waals surface area contributed by atoms with Gasteiger partial charge in [-0.05, 0) is 45.8 Å². The number of H-pyrrole nitrogens is 1. The van der Waals surface area contributed by atoms with Gasteiger partial charge in [-0.3, -0.25) is 4.79 Å². The molecular weight excluding hydrogens is 270 g/mol. The molecule has 1 saturated heterocycles. The summed E-state index contributed by atoms with van der Waals surface area (Å²) in [5, 5.41) is 9.13. The van der Waals surface area contributed by atoms with Crippen molar-refractivity contribution < 1.29 is 14.7 Å². The first-order valence-corrected chi connectivity index (χ1v) is 7.21. The minimum absolute atomic E-state index is 0.0993. The van der Waals surface area contributed by atoms with E-state index in [1.165, 1.54) is 0 Å². The number of carboxylic acid groups (broad SMARTS) is 1. The molecule has 2 rings (SSSR count). The molecule has 0 radical (unpaired) electrons. The van der Waals surface area contributed by atoms with Gasteiger partial charge >= 0.3 is 5.97 Å². The molecule has 0 spiro atoms. The molecule has 116 valence electrons. The first-order chi connectivity index (χ1) is 9.82. The lowest BCUT2D eigenvalue weighted by Crippen LogP contribution is -2.39. The zero-order valence-corrected chi connectivity index (χ0v) is 13.1. The summed E-state index contributed by atoms with van der Waals surface area (Å²) in [6, 6.07) is 0.387. The van der Waals surface area contributed by atoms with Gasteiger partial charge in [-0.25, -0.2) is 4.79 Å². The number of amides is 1. The van der Waals surface area contributed by atoms with E-state index in [0.29, 0.717) is 29.4 Å². The Bertz CT molecular complexity index is 565. The summed E-state index contributed by atoms with van der Waals surface area (Å²) in [5.74, 6) is -1.15. The number of hydrogen-bond acceptors (Lipinski definition) is 3. The molecule has 2 heterocycles. The number of carbonyl (C=O) groups is 2. The van der Waals surface area contributed by atoms with Crippen LogP contribution in [0.1, 0.15) is 44.9 Å². The average Bonchev–Trinajstić information content (AvgIpc) is 2.93. The standard InChI is InChI=1S/C15H23N3O3/c1-9-12(10(2)16-13(9)15(20)21)14(19)18(4)8-11-6-5-7-17(11)3/h11,16H,5-8H2,1-4H3,(H,20,21). The predicted octanol–water partition coefficient (Wildman–Crippen LogP) is 1.50. The minimum atomic E-state index is -1.03. The van der Waals surface area contributed by atoms with Crippen LogP contribution in [0.3, 0.4) is 0 Å². The molecule has 1 atom stereocenters. The van der Waals surface area contributed by atoms with Crippen molar-refractivity contribution in [3.8, 4) is 0 Å². The molecule has 1 aliphatic rings. The number of aromatic carboxylic acids is 1. The van der Waals surface area contributed by atoms with E-state index in [1.54, 1.807) is 25.8 Å². The number of carbonyl (C=O) groups excluding carboxylic acids is 1. The Hall–Kier alpha value is -1.82. The Morgan fingerprint density at radius 1 is 1.43 bits per heavy atom. The number of hydrogen-bond donors (Lipinski definition) is 2. The van der Waals surface area contributed by atoms with Crippen molar-refractivity contribution >= 4 is 11.9 Å². The van der Waals surface area contributed by atoms with Gasteiger partial charge in [0, 0.05) is 25.3 Å². The Balaban J connectivity index is 2.17. The maximum absolute atomic E-state index is 12.6. The molecule has 1 fully saturated rings. The third-order valence-corrected chi connectivity index (χ3v) is 4.37. The Labute approximate surface area is 124 Å². The maximum Gasteiger partial charge on any atom is 0.352 e.